The topological polar surface area (TPSA) is 75.4 Å². The molecule has 1 aliphatic rings. The Balaban J connectivity index is 0.00000264. The fraction of sp³-hybridized carbons (Fsp3) is 0.500. The summed E-state index contributed by atoms with van der Waals surface area (Å²) in [6.45, 7) is 3.19. The number of nitrogens with two attached hydrogens (primary N) is 1. The second-order valence-corrected chi connectivity index (χ2v) is 5.73. The van der Waals surface area contributed by atoms with Gasteiger partial charge < -0.3 is 16.0 Å². The second kappa shape index (κ2) is 8.84. The van der Waals surface area contributed by atoms with Gasteiger partial charge >= 0.3 is 0 Å². The highest BCUT2D eigenvalue weighted by Crippen LogP contribution is 2.18. The van der Waals surface area contributed by atoms with Crippen molar-refractivity contribution in [1.29, 1.82) is 0 Å². The number of nitrogens with zero attached hydrogens (tertiary/aromatic N) is 1. The van der Waals surface area contributed by atoms with Gasteiger partial charge in [0.25, 0.3) is 0 Å². The maximum atomic E-state index is 12.8. The third kappa shape index (κ3) is 5.48. The zero-order valence-electron chi connectivity index (χ0n) is 13.1. The molecule has 1 fully saturated rings. The van der Waals surface area contributed by atoms with Gasteiger partial charge in [-0.25, -0.2) is 4.39 Å². The largest absolute Gasteiger partial charge is 0.352 e. The first kappa shape index (κ1) is 19.4. The van der Waals surface area contributed by atoms with Gasteiger partial charge in [-0.15, -0.1) is 12.4 Å². The van der Waals surface area contributed by atoms with Crippen molar-refractivity contribution in [2.75, 3.05) is 13.1 Å². The first-order valence-electron chi connectivity index (χ1n) is 7.54. The number of halogens is 2. The molecule has 2 rings (SSSR count). The van der Waals surface area contributed by atoms with E-state index in [0.29, 0.717) is 32.5 Å². The van der Waals surface area contributed by atoms with E-state index in [9.17, 15) is 14.0 Å². The van der Waals surface area contributed by atoms with E-state index in [4.69, 9.17) is 5.73 Å². The number of hydrogen-bond donors (Lipinski definition) is 2. The van der Waals surface area contributed by atoms with Crippen LogP contribution in [0.5, 0.6) is 0 Å². The number of likely N-dealkylation sites (tertiary alicyclic amines) is 1. The molecule has 23 heavy (non-hydrogen) atoms. The summed E-state index contributed by atoms with van der Waals surface area (Å²) in [5.41, 5.74) is 6.45. The Morgan fingerprint density at radius 3 is 2.39 bits per heavy atom. The lowest BCUT2D eigenvalue weighted by Crippen LogP contribution is -2.47. The molecule has 0 bridgehead atoms. The van der Waals surface area contributed by atoms with Gasteiger partial charge in [0.05, 0.1) is 6.04 Å². The summed E-state index contributed by atoms with van der Waals surface area (Å²) in [6.07, 6.45) is 1.29. The fourth-order valence-electron chi connectivity index (χ4n) is 2.59. The monoisotopic (exact) mass is 343 g/mol. The number of nitrogens with one attached hydrogen (secondary N) is 1. The Morgan fingerprint density at radius 2 is 1.87 bits per heavy atom. The lowest BCUT2D eigenvalue weighted by Gasteiger charge is -2.32. The van der Waals surface area contributed by atoms with Gasteiger partial charge in [-0.2, -0.15) is 0 Å². The third-order valence-electron chi connectivity index (χ3n) is 3.95. The minimum atomic E-state index is -0.496. The summed E-state index contributed by atoms with van der Waals surface area (Å²) in [5.74, 6) is -0.457. The van der Waals surface area contributed by atoms with Gasteiger partial charge in [0.2, 0.25) is 11.8 Å². The minimum Gasteiger partial charge on any atom is -0.352 e. The van der Waals surface area contributed by atoms with Gasteiger partial charge in [-0.05, 0) is 37.5 Å². The van der Waals surface area contributed by atoms with E-state index in [1.54, 1.807) is 24.0 Å². The molecule has 0 spiro atoms. The van der Waals surface area contributed by atoms with Crippen LogP contribution >= 0.6 is 12.4 Å². The Labute approximate surface area is 141 Å². The van der Waals surface area contributed by atoms with Crippen LogP contribution in [0.15, 0.2) is 24.3 Å². The highest BCUT2D eigenvalue weighted by atomic mass is 35.5. The van der Waals surface area contributed by atoms with Crippen molar-refractivity contribution in [3.8, 4) is 0 Å². The molecule has 0 unspecified atom stereocenters. The van der Waals surface area contributed by atoms with Crippen LogP contribution in [0.1, 0.15) is 25.3 Å². The normalized spacial score (nSPS) is 16.4. The van der Waals surface area contributed by atoms with Crippen molar-refractivity contribution < 1.29 is 14.0 Å². The van der Waals surface area contributed by atoms with Crippen LogP contribution in [-0.4, -0.2) is 35.8 Å². The van der Waals surface area contributed by atoms with Crippen molar-refractivity contribution >= 4 is 24.2 Å². The molecule has 7 heteroatoms. The summed E-state index contributed by atoms with van der Waals surface area (Å²) in [5, 5.41) is 2.87. The molecule has 0 aliphatic carbocycles. The number of carbonyl (C=O) groups is 2. The van der Waals surface area contributed by atoms with E-state index in [-0.39, 0.29) is 36.0 Å². The van der Waals surface area contributed by atoms with Crippen molar-refractivity contribution in [1.82, 2.24) is 10.2 Å². The van der Waals surface area contributed by atoms with Gasteiger partial charge in [-0.1, -0.05) is 12.1 Å². The molecular formula is C16H23ClFN3O2. The first-order valence-corrected chi connectivity index (χ1v) is 7.54. The highest BCUT2D eigenvalue weighted by Gasteiger charge is 2.28. The number of hydrogen-bond acceptors (Lipinski definition) is 3. The molecule has 1 heterocycles. The molecule has 0 saturated carbocycles. The van der Waals surface area contributed by atoms with Crippen LogP contribution in [0.2, 0.25) is 0 Å². The maximum absolute atomic E-state index is 12.8. The summed E-state index contributed by atoms with van der Waals surface area (Å²) in [4.78, 5) is 25.6. The van der Waals surface area contributed by atoms with E-state index in [1.165, 1.54) is 12.1 Å². The van der Waals surface area contributed by atoms with E-state index in [2.05, 4.69) is 5.32 Å². The highest BCUT2D eigenvalue weighted by molar-refractivity contribution is 5.85. The standard InChI is InChI=1S/C16H22FN3O2.ClH/c1-11(18)16(22)20-8-6-13(7-9-20)15(21)19-10-12-2-4-14(17)5-3-12;/h2-5,11,13H,6-10,18H2,1H3,(H,19,21);1H/t11-;/m1./s1. The molecule has 1 atom stereocenters. The third-order valence-corrected chi connectivity index (χ3v) is 3.95. The quantitative estimate of drug-likeness (QED) is 0.868. The summed E-state index contributed by atoms with van der Waals surface area (Å²) in [6, 6.07) is 5.56. The van der Waals surface area contributed by atoms with Crippen LogP contribution in [0.3, 0.4) is 0 Å². The van der Waals surface area contributed by atoms with Crippen molar-refractivity contribution in [3.63, 3.8) is 0 Å². The number of carbonyl (C=O) groups excluding carboxylic acids is 2. The molecule has 2 amide bonds. The Kier molecular flexibility index (Phi) is 7.45. The lowest BCUT2D eigenvalue weighted by molar-refractivity contribution is -0.136. The van der Waals surface area contributed by atoms with E-state index in [1.807, 2.05) is 0 Å². The van der Waals surface area contributed by atoms with Crippen molar-refractivity contribution in [2.24, 2.45) is 11.7 Å². The predicted molar refractivity (Wildman–Crippen MR) is 88.4 cm³/mol. The number of amides is 2. The Morgan fingerprint density at radius 1 is 1.30 bits per heavy atom. The molecule has 0 aromatic heterocycles. The average molecular weight is 344 g/mol. The van der Waals surface area contributed by atoms with Crippen molar-refractivity contribution in [3.05, 3.63) is 35.6 Å². The van der Waals surface area contributed by atoms with Crippen LogP contribution in [0.25, 0.3) is 0 Å². The second-order valence-electron chi connectivity index (χ2n) is 5.73. The number of piperidine rings is 1. The van der Waals surface area contributed by atoms with Crippen LogP contribution in [0.4, 0.5) is 4.39 Å². The molecule has 1 aromatic carbocycles. The van der Waals surface area contributed by atoms with E-state index in [0.717, 1.165) is 5.56 Å². The maximum Gasteiger partial charge on any atom is 0.239 e. The minimum absolute atomic E-state index is 0. The fourth-order valence-corrected chi connectivity index (χ4v) is 2.59. The van der Waals surface area contributed by atoms with Gasteiger partial charge in [0.1, 0.15) is 5.82 Å². The average Bonchev–Trinajstić information content (AvgIpc) is 2.53. The van der Waals surface area contributed by atoms with Gasteiger partial charge in [0.15, 0.2) is 0 Å². The summed E-state index contributed by atoms with van der Waals surface area (Å²) >= 11 is 0. The lowest BCUT2D eigenvalue weighted by atomic mass is 9.95. The molecule has 1 aliphatic heterocycles. The molecule has 1 saturated heterocycles. The Bertz CT molecular complexity index is 529. The molecule has 1 aromatic rings. The first-order chi connectivity index (χ1) is 10.5. The number of rotatable bonds is 4. The molecular weight excluding hydrogens is 321 g/mol. The van der Waals surface area contributed by atoms with Crippen LogP contribution < -0.4 is 11.1 Å². The molecule has 128 valence electrons. The van der Waals surface area contributed by atoms with Crippen LogP contribution in [0, 0.1) is 11.7 Å². The van der Waals surface area contributed by atoms with E-state index >= 15 is 0 Å². The van der Waals surface area contributed by atoms with Gasteiger partial charge in [-0.3, -0.25) is 9.59 Å². The Hall–Kier alpha value is -1.66. The summed E-state index contributed by atoms with van der Waals surface area (Å²) < 4.78 is 12.8. The zero-order chi connectivity index (χ0) is 16.1. The molecule has 0 radical (unpaired) electrons. The SMILES string of the molecule is C[C@@H](N)C(=O)N1CCC(C(=O)NCc2ccc(F)cc2)CC1.Cl. The molecule has 3 N–H and O–H groups in total. The van der Waals surface area contributed by atoms with Crippen LogP contribution in [-0.2, 0) is 16.1 Å². The number of benzene rings is 1. The van der Waals surface area contributed by atoms with Gasteiger partial charge in [0, 0.05) is 25.6 Å². The predicted octanol–water partition coefficient (Wildman–Crippen LogP) is 1.45. The summed E-state index contributed by atoms with van der Waals surface area (Å²) in [7, 11) is 0. The molecule has 5 nitrogen and oxygen atoms in total. The smallest absolute Gasteiger partial charge is 0.239 e. The van der Waals surface area contributed by atoms with Crippen molar-refractivity contribution in [2.45, 2.75) is 32.4 Å². The zero-order valence-corrected chi connectivity index (χ0v) is 13.9. The van der Waals surface area contributed by atoms with E-state index < -0.39 is 6.04 Å².